The fourth-order valence-corrected chi connectivity index (χ4v) is 5.48. The number of Topliss-reactive ketones (excluding diaryl/α,β-unsaturated/α-hetero) is 1. The lowest BCUT2D eigenvalue weighted by Gasteiger charge is -2.29. The number of carbonyl (C=O) groups is 2. The minimum Gasteiger partial charge on any atom is -0.472 e. The largest absolute Gasteiger partial charge is 0.472 e. The number of furan rings is 1. The number of hydrogen-bond acceptors (Lipinski definition) is 8. The summed E-state index contributed by atoms with van der Waals surface area (Å²) in [5.74, 6) is 1.12. The molecule has 34 heavy (non-hydrogen) atoms. The van der Waals surface area contributed by atoms with Gasteiger partial charge in [0.1, 0.15) is 0 Å². The Bertz CT molecular complexity index is 1200. The van der Waals surface area contributed by atoms with E-state index >= 15 is 0 Å². The van der Waals surface area contributed by atoms with Crippen molar-refractivity contribution in [2.24, 2.45) is 5.92 Å². The van der Waals surface area contributed by atoms with Gasteiger partial charge in [-0.3, -0.25) is 14.6 Å². The molecule has 0 unspecified atom stereocenters. The molecule has 3 aromatic heterocycles. The number of aromatic nitrogens is 3. The molecule has 0 bridgehead atoms. The number of aryl methyl sites for hydroxylation is 1. The molecule has 3 aromatic rings. The smallest absolute Gasteiger partial charge is 0.223 e. The highest BCUT2D eigenvalue weighted by Crippen LogP contribution is 2.32. The Morgan fingerprint density at radius 3 is 2.76 bits per heavy atom. The summed E-state index contributed by atoms with van der Waals surface area (Å²) in [6.07, 6.45) is 17.3. The van der Waals surface area contributed by atoms with Crippen LogP contribution in [-0.4, -0.2) is 31.9 Å². The molecule has 1 aliphatic heterocycles. The first kappa shape index (κ1) is 22.5. The van der Waals surface area contributed by atoms with Crippen LogP contribution in [0.15, 0.2) is 58.6 Å². The van der Waals surface area contributed by atoms with Gasteiger partial charge in [-0.05, 0) is 91.6 Å². The predicted molar refractivity (Wildman–Crippen MR) is 132 cm³/mol. The molecule has 8 heteroatoms. The fourth-order valence-electron chi connectivity index (χ4n) is 4.66. The molecule has 0 spiro atoms. The zero-order chi connectivity index (χ0) is 23.3. The van der Waals surface area contributed by atoms with Gasteiger partial charge in [-0.25, -0.2) is 9.97 Å². The van der Waals surface area contributed by atoms with Crippen LogP contribution >= 0.6 is 11.8 Å². The van der Waals surface area contributed by atoms with Crippen molar-refractivity contribution >= 4 is 34.7 Å². The van der Waals surface area contributed by atoms with Gasteiger partial charge in [-0.2, -0.15) is 0 Å². The summed E-state index contributed by atoms with van der Waals surface area (Å²) < 4.78 is 5.26. The zero-order valence-corrected chi connectivity index (χ0v) is 19.6. The Labute approximate surface area is 202 Å². The van der Waals surface area contributed by atoms with Crippen molar-refractivity contribution in [3.05, 3.63) is 65.5 Å². The second-order valence-electron chi connectivity index (χ2n) is 8.83. The van der Waals surface area contributed by atoms with Crippen molar-refractivity contribution in [2.75, 3.05) is 5.32 Å². The van der Waals surface area contributed by atoms with Crippen LogP contribution in [0.5, 0.6) is 0 Å². The van der Waals surface area contributed by atoms with Crippen molar-refractivity contribution in [1.82, 2.24) is 15.0 Å². The first-order valence-corrected chi connectivity index (χ1v) is 12.5. The number of thioether (sulfide) groups is 1. The molecule has 0 atom stereocenters. The van der Waals surface area contributed by atoms with E-state index in [4.69, 9.17) is 4.42 Å². The predicted octanol–water partition coefficient (Wildman–Crippen LogP) is 5.31. The first-order valence-electron chi connectivity index (χ1n) is 11.6. The van der Waals surface area contributed by atoms with Gasteiger partial charge >= 0.3 is 0 Å². The number of nitrogens with one attached hydrogen (secondary N) is 1. The molecule has 1 N–H and O–H groups in total. The van der Waals surface area contributed by atoms with Gasteiger partial charge in [-0.1, -0.05) is 0 Å². The average Bonchev–Trinajstić information content (AvgIpc) is 3.49. The number of rotatable bonds is 7. The minimum absolute atomic E-state index is 0.0264. The Balaban J connectivity index is 1.13. The van der Waals surface area contributed by atoms with Crippen LogP contribution in [-0.2, 0) is 16.0 Å². The van der Waals surface area contributed by atoms with E-state index in [0.717, 1.165) is 55.9 Å². The van der Waals surface area contributed by atoms with Gasteiger partial charge in [0.25, 0.3) is 0 Å². The standard InChI is InChI=1S/C26H26N4O3S/c31-23-14-25(32)34-24(23)13-21-7-11-28-26(30-21)29-20-5-2-17(3-6-20)1-4-18-15-27-10-8-22(18)19-9-12-33-16-19/h7-13,15-17,20H,1-6,14H2,(H,28,29,30)/b24-13-. The van der Waals surface area contributed by atoms with Crippen LogP contribution in [0, 0.1) is 5.92 Å². The monoisotopic (exact) mass is 474 g/mol. The first-order chi connectivity index (χ1) is 16.6. The van der Waals surface area contributed by atoms with E-state index in [1.54, 1.807) is 30.9 Å². The lowest BCUT2D eigenvalue weighted by Crippen LogP contribution is -2.27. The summed E-state index contributed by atoms with van der Waals surface area (Å²) in [7, 11) is 0. The van der Waals surface area contributed by atoms with E-state index in [1.165, 1.54) is 11.1 Å². The second kappa shape index (κ2) is 10.3. The van der Waals surface area contributed by atoms with Gasteiger partial charge in [0, 0.05) is 30.2 Å². The Morgan fingerprint density at radius 1 is 1.12 bits per heavy atom. The molecule has 1 saturated carbocycles. The quantitative estimate of drug-likeness (QED) is 0.363. The molecular formula is C26H26N4O3S. The number of pyridine rings is 1. The third-order valence-corrected chi connectivity index (χ3v) is 7.43. The van der Waals surface area contributed by atoms with Crippen LogP contribution in [0.4, 0.5) is 5.95 Å². The lowest BCUT2D eigenvalue weighted by molar-refractivity contribution is -0.119. The van der Waals surface area contributed by atoms with E-state index in [9.17, 15) is 9.59 Å². The average molecular weight is 475 g/mol. The van der Waals surface area contributed by atoms with Crippen LogP contribution in [0.1, 0.15) is 49.8 Å². The van der Waals surface area contributed by atoms with Crippen LogP contribution < -0.4 is 5.32 Å². The number of carbonyl (C=O) groups excluding carboxylic acids is 2. The van der Waals surface area contributed by atoms with E-state index in [-0.39, 0.29) is 17.3 Å². The van der Waals surface area contributed by atoms with E-state index < -0.39 is 0 Å². The van der Waals surface area contributed by atoms with Crippen molar-refractivity contribution in [2.45, 2.75) is 51.0 Å². The van der Waals surface area contributed by atoms with Crippen LogP contribution in [0.3, 0.4) is 0 Å². The summed E-state index contributed by atoms with van der Waals surface area (Å²) in [5.41, 5.74) is 4.21. The molecule has 1 aliphatic carbocycles. The molecular weight excluding hydrogens is 448 g/mol. The van der Waals surface area contributed by atoms with E-state index in [0.29, 0.717) is 28.5 Å². The molecule has 5 rings (SSSR count). The lowest BCUT2D eigenvalue weighted by atomic mass is 9.82. The molecule has 0 amide bonds. The normalized spacial score (nSPS) is 21.8. The number of ketones is 1. The molecule has 0 radical (unpaired) electrons. The van der Waals surface area contributed by atoms with Gasteiger partial charge in [-0.15, -0.1) is 0 Å². The van der Waals surface area contributed by atoms with Gasteiger partial charge in [0.05, 0.1) is 29.5 Å². The molecule has 7 nitrogen and oxygen atoms in total. The highest BCUT2D eigenvalue weighted by Gasteiger charge is 2.26. The summed E-state index contributed by atoms with van der Waals surface area (Å²) in [4.78, 5) is 37.0. The molecule has 1 saturated heterocycles. The summed E-state index contributed by atoms with van der Waals surface area (Å²) in [5, 5.41) is 3.35. The summed E-state index contributed by atoms with van der Waals surface area (Å²) >= 11 is 0.996. The van der Waals surface area contributed by atoms with Crippen LogP contribution in [0.2, 0.25) is 0 Å². The molecule has 0 aromatic carbocycles. The Hall–Kier alpha value is -3.26. The van der Waals surface area contributed by atoms with E-state index in [1.807, 2.05) is 18.5 Å². The Kier molecular flexibility index (Phi) is 6.85. The number of allylic oxidation sites excluding steroid dienone is 1. The Morgan fingerprint density at radius 2 is 2.00 bits per heavy atom. The number of nitrogens with zero attached hydrogens (tertiary/aromatic N) is 3. The maximum absolute atomic E-state index is 11.9. The zero-order valence-electron chi connectivity index (χ0n) is 18.8. The van der Waals surface area contributed by atoms with Gasteiger partial charge < -0.3 is 9.73 Å². The summed E-state index contributed by atoms with van der Waals surface area (Å²) in [6.45, 7) is 0. The van der Waals surface area contributed by atoms with Crippen molar-refractivity contribution in [3.8, 4) is 11.1 Å². The molecule has 174 valence electrons. The minimum atomic E-state index is -0.135. The van der Waals surface area contributed by atoms with Gasteiger partial charge in [0.15, 0.2) is 5.78 Å². The highest BCUT2D eigenvalue weighted by atomic mass is 32.2. The summed E-state index contributed by atoms with van der Waals surface area (Å²) in [6, 6.07) is 6.14. The second-order valence-corrected chi connectivity index (χ2v) is 9.93. The molecule has 4 heterocycles. The maximum Gasteiger partial charge on any atom is 0.223 e. The topological polar surface area (TPSA) is 98.0 Å². The number of anilines is 1. The van der Waals surface area contributed by atoms with Crippen molar-refractivity contribution in [1.29, 1.82) is 0 Å². The van der Waals surface area contributed by atoms with Crippen LogP contribution in [0.25, 0.3) is 17.2 Å². The third kappa shape index (κ3) is 5.44. The fraction of sp³-hybridized carbons (Fsp3) is 0.346. The van der Waals surface area contributed by atoms with Gasteiger partial charge in [0.2, 0.25) is 11.1 Å². The van der Waals surface area contributed by atoms with E-state index in [2.05, 4.69) is 26.3 Å². The molecule has 2 aliphatic rings. The van der Waals surface area contributed by atoms with Crippen molar-refractivity contribution < 1.29 is 14.0 Å². The molecule has 2 fully saturated rings. The highest BCUT2D eigenvalue weighted by molar-refractivity contribution is 8.18. The third-order valence-electron chi connectivity index (χ3n) is 6.50. The maximum atomic E-state index is 11.9. The number of hydrogen-bond donors (Lipinski definition) is 1. The van der Waals surface area contributed by atoms with Crippen molar-refractivity contribution in [3.63, 3.8) is 0 Å². The SMILES string of the molecule is O=C1CC(=O)/C(=C/c2ccnc(NC3CCC(CCc4cnccc4-c4ccoc4)CC3)n2)S1.